The molecule has 1 aliphatic rings. The normalized spacial score (nSPS) is 20.5. The molecule has 0 radical (unpaired) electrons. The van der Waals surface area contributed by atoms with Crippen LogP contribution in [0.3, 0.4) is 0 Å². The topological polar surface area (TPSA) is 53.3 Å². The number of nitrogens with zero attached hydrogens (tertiary/aromatic N) is 2. The van der Waals surface area contributed by atoms with Gasteiger partial charge in [-0.2, -0.15) is 4.98 Å². The molecule has 0 N–H and O–H groups in total. The van der Waals surface area contributed by atoms with E-state index >= 15 is 0 Å². The Morgan fingerprint density at radius 3 is 3.07 bits per heavy atom. The van der Waals surface area contributed by atoms with Gasteiger partial charge in [0.25, 0.3) is 0 Å². The summed E-state index contributed by atoms with van der Waals surface area (Å²) in [4.78, 5) is 15.5. The summed E-state index contributed by atoms with van der Waals surface area (Å²) >= 11 is 0. The van der Waals surface area contributed by atoms with Gasteiger partial charge in [-0.05, 0) is 19.8 Å². The molecule has 1 aromatic heterocycles. The summed E-state index contributed by atoms with van der Waals surface area (Å²) in [5.74, 6) is 0.384. The van der Waals surface area contributed by atoms with Crippen LogP contribution in [0.15, 0.2) is 11.0 Å². The summed E-state index contributed by atoms with van der Waals surface area (Å²) in [6.07, 6.45) is 3.44. The zero-order valence-corrected chi connectivity index (χ0v) is 8.90. The second-order valence-corrected chi connectivity index (χ2v) is 3.59. The van der Waals surface area contributed by atoms with E-state index in [2.05, 4.69) is 4.98 Å². The van der Waals surface area contributed by atoms with E-state index in [1.54, 1.807) is 6.20 Å². The van der Waals surface area contributed by atoms with Gasteiger partial charge in [0, 0.05) is 18.4 Å². The minimum absolute atomic E-state index is 0.158. The first-order valence-electron chi connectivity index (χ1n) is 4.98. The molecule has 15 heavy (non-hydrogen) atoms. The smallest absolute Gasteiger partial charge is 0.352 e. The maximum Gasteiger partial charge on any atom is 0.352 e. The summed E-state index contributed by atoms with van der Waals surface area (Å²) in [7, 11) is 1.51. The largest absolute Gasteiger partial charge is 0.481 e. The monoisotopic (exact) mass is 210 g/mol. The predicted molar refractivity (Wildman–Crippen MR) is 54.0 cm³/mol. The van der Waals surface area contributed by atoms with Gasteiger partial charge in [-0.15, -0.1) is 0 Å². The van der Waals surface area contributed by atoms with Crippen LogP contribution in [0.2, 0.25) is 0 Å². The van der Waals surface area contributed by atoms with E-state index in [9.17, 15) is 4.79 Å². The highest BCUT2D eigenvalue weighted by molar-refractivity contribution is 5.20. The molecule has 82 valence electrons. The molecule has 5 nitrogen and oxygen atoms in total. The lowest BCUT2D eigenvalue weighted by molar-refractivity contribution is 0.0522. The van der Waals surface area contributed by atoms with Crippen LogP contribution in [0.5, 0.6) is 5.88 Å². The lowest BCUT2D eigenvalue weighted by Gasteiger charge is -2.14. The van der Waals surface area contributed by atoms with E-state index in [1.807, 2.05) is 6.92 Å². The first-order valence-corrected chi connectivity index (χ1v) is 4.98. The molecule has 0 amide bonds. The standard InChI is InChI=1S/C10H14N2O3/c1-7-6-12(8-4-3-5-15-8)10(13)11-9(7)14-2/h6,8H,3-5H2,1-2H3/t8-/m1/s1. The van der Waals surface area contributed by atoms with Crippen molar-refractivity contribution in [3.8, 4) is 5.88 Å². The molecule has 5 heteroatoms. The number of rotatable bonds is 2. The van der Waals surface area contributed by atoms with E-state index in [0.29, 0.717) is 12.5 Å². The number of aryl methyl sites for hydroxylation is 1. The first-order chi connectivity index (χ1) is 7.22. The molecule has 1 saturated heterocycles. The van der Waals surface area contributed by atoms with Crippen LogP contribution in [0.25, 0.3) is 0 Å². The van der Waals surface area contributed by atoms with Crippen molar-refractivity contribution in [1.82, 2.24) is 9.55 Å². The highest BCUT2D eigenvalue weighted by Crippen LogP contribution is 2.22. The van der Waals surface area contributed by atoms with Crippen LogP contribution >= 0.6 is 0 Å². The van der Waals surface area contributed by atoms with Gasteiger partial charge in [-0.3, -0.25) is 4.57 Å². The van der Waals surface area contributed by atoms with E-state index in [-0.39, 0.29) is 11.9 Å². The van der Waals surface area contributed by atoms with Crippen molar-refractivity contribution >= 4 is 0 Å². The lowest BCUT2D eigenvalue weighted by Crippen LogP contribution is -2.27. The molecule has 2 heterocycles. The van der Waals surface area contributed by atoms with Crippen LogP contribution in [-0.4, -0.2) is 23.3 Å². The zero-order chi connectivity index (χ0) is 10.8. The van der Waals surface area contributed by atoms with E-state index in [1.165, 1.54) is 11.7 Å². The van der Waals surface area contributed by atoms with Crippen LogP contribution in [0, 0.1) is 6.92 Å². The van der Waals surface area contributed by atoms with Crippen molar-refractivity contribution in [1.29, 1.82) is 0 Å². The highest BCUT2D eigenvalue weighted by Gasteiger charge is 2.19. The molecule has 0 spiro atoms. The second kappa shape index (κ2) is 4.02. The average molecular weight is 210 g/mol. The van der Waals surface area contributed by atoms with Gasteiger partial charge in [0.15, 0.2) is 0 Å². The van der Waals surface area contributed by atoms with Crippen LogP contribution in [0.1, 0.15) is 24.6 Å². The Bertz CT molecular complexity index is 408. The van der Waals surface area contributed by atoms with Gasteiger partial charge in [0.2, 0.25) is 5.88 Å². The molecular formula is C10H14N2O3. The number of methoxy groups -OCH3 is 1. The summed E-state index contributed by atoms with van der Waals surface area (Å²) in [5.41, 5.74) is 0.525. The summed E-state index contributed by atoms with van der Waals surface area (Å²) in [6.45, 7) is 2.57. The van der Waals surface area contributed by atoms with Crippen molar-refractivity contribution in [2.24, 2.45) is 0 Å². The number of hydrogen-bond donors (Lipinski definition) is 0. The highest BCUT2D eigenvalue weighted by atomic mass is 16.5. The Kier molecular flexibility index (Phi) is 2.73. The minimum Gasteiger partial charge on any atom is -0.481 e. The van der Waals surface area contributed by atoms with Crippen molar-refractivity contribution in [2.75, 3.05) is 13.7 Å². The maximum absolute atomic E-state index is 11.6. The summed E-state index contributed by atoms with van der Waals surface area (Å²) < 4.78 is 11.9. The van der Waals surface area contributed by atoms with E-state index in [0.717, 1.165) is 18.4 Å². The molecule has 0 saturated carbocycles. The Morgan fingerprint density at radius 1 is 1.67 bits per heavy atom. The average Bonchev–Trinajstić information content (AvgIpc) is 2.74. The van der Waals surface area contributed by atoms with Gasteiger partial charge in [-0.25, -0.2) is 4.79 Å². The van der Waals surface area contributed by atoms with Crippen molar-refractivity contribution in [3.63, 3.8) is 0 Å². The van der Waals surface area contributed by atoms with Crippen LogP contribution < -0.4 is 10.4 Å². The first kappa shape index (κ1) is 10.2. The lowest BCUT2D eigenvalue weighted by atomic mass is 10.3. The number of ether oxygens (including phenoxy) is 2. The number of hydrogen-bond acceptors (Lipinski definition) is 4. The quantitative estimate of drug-likeness (QED) is 0.726. The van der Waals surface area contributed by atoms with Crippen molar-refractivity contribution < 1.29 is 9.47 Å². The predicted octanol–water partition coefficient (Wildman–Crippen LogP) is 0.869. The molecule has 1 fully saturated rings. The molecule has 0 bridgehead atoms. The van der Waals surface area contributed by atoms with E-state index in [4.69, 9.17) is 9.47 Å². The Balaban J connectivity index is 2.40. The minimum atomic E-state index is -0.315. The fraction of sp³-hybridized carbons (Fsp3) is 0.600. The second-order valence-electron chi connectivity index (χ2n) is 3.59. The Labute approximate surface area is 87.7 Å². The number of aromatic nitrogens is 2. The molecular weight excluding hydrogens is 196 g/mol. The van der Waals surface area contributed by atoms with Crippen molar-refractivity contribution in [2.45, 2.75) is 26.0 Å². The van der Waals surface area contributed by atoms with Gasteiger partial charge < -0.3 is 9.47 Å². The Morgan fingerprint density at radius 2 is 2.47 bits per heavy atom. The van der Waals surface area contributed by atoms with Crippen LogP contribution in [-0.2, 0) is 4.74 Å². The van der Waals surface area contributed by atoms with Crippen LogP contribution in [0.4, 0.5) is 0 Å². The third-order valence-electron chi connectivity index (χ3n) is 2.50. The fourth-order valence-corrected chi connectivity index (χ4v) is 1.74. The molecule has 1 aromatic rings. The third kappa shape index (κ3) is 1.87. The molecule has 1 atom stereocenters. The van der Waals surface area contributed by atoms with Gasteiger partial charge in [-0.1, -0.05) is 0 Å². The zero-order valence-electron chi connectivity index (χ0n) is 8.90. The SMILES string of the molecule is COc1nc(=O)n([C@H]2CCCO2)cc1C. The van der Waals surface area contributed by atoms with Crippen molar-refractivity contribution in [3.05, 3.63) is 22.2 Å². The van der Waals surface area contributed by atoms with Gasteiger partial charge in [0.1, 0.15) is 6.23 Å². The molecule has 0 aromatic carbocycles. The van der Waals surface area contributed by atoms with Gasteiger partial charge >= 0.3 is 5.69 Å². The third-order valence-corrected chi connectivity index (χ3v) is 2.50. The molecule has 2 rings (SSSR count). The molecule has 0 unspecified atom stereocenters. The fourth-order valence-electron chi connectivity index (χ4n) is 1.74. The van der Waals surface area contributed by atoms with Gasteiger partial charge in [0.05, 0.1) is 7.11 Å². The summed E-state index contributed by atoms with van der Waals surface area (Å²) in [6, 6.07) is 0. The summed E-state index contributed by atoms with van der Waals surface area (Å²) in [5, 5.41) is 0. The molecule has 1 aliphatic heterocycles. The Hall–Kier alpha value is -1.36. The maximum atomic E-state index is 11.6. The van der Waals surface area contributed by atoms with E-state index < -0.39 is 0 Å². The molecule has 0 aliphatic carbocycles.